The lowest BCUT2D eigenvalue weighted by Crippen LogP contribution is -2.72. The van der Waals surface area contributed by atoms with Gasteiger partial charge in [-0.1, -0.05) is 28.9 Å². The molecule has 2 aromatic heterocycles. The van der Waals surface area contributed by atoms with Crippen LogP contribution in [0.25, 0.3) is 0 Å². The van der Waals surface area contributed by atoms with Gasteiger partial charge in [0.05, 0.1) is 19.7 Å². The fourth-order valence-electron chi connectivity index (χ4n) is 11.4. The topological polar surface area (TPSA) is 269 Å². The summed E-state index contributed by atoms with van der Waals surface area (Å²) in [7, 11) is 0. The summed E-state index contributed by atoms with van der Waals surface area (Å²) in [5.74, 6) is -4.10. The molecule has 33 heteroatoms. The minimum absolute atomic E-state index is 0.0347. The van der Waals surface area contributed by atoms with E-state index in [1.165, 1.54) is 33.0 Å². The first kappa shape index (κ1) is 62.4. The first-order chi connectivity index (χ1) is 42.7. The molecule has 1 aliphatic carbocycles. The number of rotatable bonds is 22. The second-order valence-electron chi connectivity index (χ2n) is 21.7. The Bertz CT molecular complexity index is 3570. The number of carboxylic acid groups (broad SMARTS) is 1. The van der Waals surface area contributed by atoms with E-state index in [4.69, 9.17) is 25.5 Å². The summed E-state index contributed by atoms with van der Waals surface area (Å²) < 4.78 is 94.1. The molecule has 1 saturated carbocycles. The smallest absolute Gasteiger partial charge is 0.472 e. The molecule has 7 heterocycles. The molecule has 470 valence electrons. The second kappa shape index (κ2) is 26.1. The minimum atomic E-state index is -5.39. The first-order valence-corrected chi connectivity index (χ1v) is 30.9. The number of nitrogens with one attached hydrogen (secondary N) is 2. The van der Waals surface area contributed by atoms with Crippen molar-refractivity contribution in [1.82, 2.24) is 54.8 Å². The van der Waals surface area contributed by atoms with Crippen LogP contribution < -0.4 is 29.5 Å². The molecular weight excluding hydrogens is 1230 g/mol. The summed E-state index contributed by atoms with van der Waals surface area (Å²) in [5, 5.41) is 32.3. The highest BCUT2D eigenvalue weighted by Gasteiger charge is 2.61. The molecular formula is C56H58F5N15O10S3. The lowest BCUT2D eigenvalue weighted by atomic mass is 9.94. The molecule has 11 rings (SSSR count). The zero-order valence-corrected chi connectivity index (χ0v) is 50.1. The van der Waals surface area contributed by atoms with Crippen LogP contribution in [0.15, 0.2) is 101 Å². The number of tetrazole rings is 1. The largest absolute Gasteiger partial charge is 0.488 e. The molecule has 3 unspecified atom stereocenters. The number of β-lactam (4-membered cyclic amide) rings is 1. The number of anilines is 3. The Morgan fingerprint density at radius 3 is 2.33 bits per heavy atom. The molecule has 5 aliphatic heterocycles. The van der Waals surface area contributed by atoms with E-state index in [-0.39, 0.29) is 61.0 Å². The third kappa shape index (κ3) is 13.0. The molecule has 3 aromatic carbocycles. The van der Waals surface area contributed by atoms with Crippen LogP contribution >= 0.6 is 35.5 Å². The number of terminal acetylenes is 1. The Kier molecular flexibility index (Phi) is 18.3. The van der Waals surface area contributed by atoms with Crippen LogP contribution in [0.1, 0.15) is 45.1 Å². The number of aromatic nitrogens is 7. The summed E-state index contributed by atoms with van der Waals surface area (Å²) in [4.78, 5) is 85.0. The van der Waals surface area contributed by atoms with Crippen molar-refractivity contribution in [3.8, 4) is 18.1 Å². The van der Waals surface area contributed by atoms with Crippen LogP contribution in [0, 0.1) is 24.0 Å². The fourth-order valence-corrected chi connectivity index (χ4v) is 14.9. The van der Waals surface area contributed by atoms with E-state index in [2.05, 4.69) is 51.8 Å². The Morgan fingerprint density at radius 1 is 0.989 bits per heavy atom. The number of urea groups is 1. The number of hydrogen-bond donors (Lipinski definition) is 3. The predicted molar refractivity (Wildman–Crippen MR) is 314 cm³/mol. The lowest BCUT2D eigenvalue weighted by molar-refractivity contribution is -0.171. The van der Waals surface area contributed by atoms with E-state index >= 15 is 9.18 Å². The summed E-state index contributed by atoms with van der Waals surface area (Å²) in [6, 6.07) is 14.6. The van der Waals surface area contributed by atoms with E-state index in [1.807, 2.05) is 29.0 Å². The van der Waals surface area contributed by atoms with E-state index in [1.54, 1.807) is 38.1 Å². The molecule has 0 bridgehead atoms. The third-order valence-electron chi connectivity index (χ3n) is 15.7. The molecule has 6 aliphatic rings. The van der Waals surface area contributed by atoms with Gasteiger partial charge in [0.25, 0.3) is 11.8 Å². The van der Waals surface area contributed by atoms with Gasteiger partial charge in [-0.2, -0.15) is 18.3 Å². The standard InChI is InChI=1S/C56H58F5N15O10S3/c1-4-19-74-52(65-68-69-74)88-27-34-26-87-49-44(48(78)75(49)45(34)50(79)80)64-47(77)46(66-86-40-7-5-6-8-40)55(89-67-51(81)56(59,60)61)29-73(53(82)76(55)33(2)3)38-12-10-36(11-13-38)70-20-22-71(23-21-70)37-14-16-39(17-15-37)83-25-43-84-30-54(85-43,28-72-32-62-31-63-72)41-18-9-35(57)24-42(41)58/h1,9-18,24,31-33,40,43-44,49H,5-8,19-23,25-30H2,2-3H3,(H,64,77)(H,67,81)(H,79,80)/b66-46+/t43-,44?,49?,54+,55?/m0/s1. The molecule has 4 saturated heterocycles. The van der Waals surface area contributed by atoms with Crippen LogP contribution in [-0.2, 0) is 52.2 Å². The molecule has 3 N–H and O–H groups in total. The maximum Gasteiger partial charge on any atom is 0.472 e. The average Bonchev–Trinajstić information content (AvgIpc) is 1.40. The van der Waals surface area contributed by atoms with Gasteiger partial charge in [-0.15, -0.1) is 23.3 Å². The van der Waals surface area contributed by atoms with Crippen molar-refractivity contribution in [3.05, 3.63) is 108 Å². The van der Waals surface area contributed by atoms with Gasteiger partial charge in [0.2, 0.25) is 5.16 Å². The van der Waals surface area contributed by atoms with Crippen molar-refractivity contribution >= 4 is 88.0 Å². The Balaban J connectivity index is 0.768. The summed E-state index contributed by atoms with van der Waals surface area (Å²) in [6.45, 7) is 5.02. The number of oxime groups is 1. The lowest BCUT2D eigenvalue weighted by Gasteiger charge is -2.49. The summed E-state index contributed by atoms with van der Waals surface area (Å²) >= 11 is 2.42. The zero-order valence-electron chi connectivity index (χ0n) is 47.6. The van der Waals surface area contributed by atoms with Gasteiger partial charge in [0.1, 0.15) is 72.0 Å². The van der Waals surface area contributed by atoms with Crippen LogP contribution in [0.5, 0.6) is 5.75 Å². The third-order valence-corrected chi connectivity index (χ3v) is 19.2. The normalized spacial score (nSPS) is 23.2. The highest BCUT2D eigenvalue weighted by atomic mass is 32.2. The van der Waals surface area contributed by atoms with E-state index in [0.717, 1.165) is 69.7 Å². The maximum absolute atomic E-state index is 15.1. The zero-order chi connectivity index (χ0) is 62.8. The molecule has 5 amide bonds. The van der Waals surface area contributed by atoms with Gasteiger partial charge in [0, 0.05) is 72.4 Å². The number of halogens is 5. The maximum atomic E-state index is 15.1. The van der Waals surface area contributed by atoms with Crippen LogP contribution in [0.4, 0.5) is 43.8 Å². The molecule has 5 atom stereocenters. The number of amides is 5. The number of nitrogens with zero attached hydrogens (tertiary/aromatic N) is 13. The molecule has 0 spiro atoms. The quantitative estimate of drug-likeness (QED) is 0.0149. The molecule has 25 nitrogen and oxygen atoms in total. The van der Waals surface area contributed by atoms with E-state index in [0.29, 0.717) is 61.2 Å². The fraction of sp³-hybridized carbons (Fsp3) is 0.446. The Hall–Kier alpha value is -8.19. The average molecular weight is 1290 g/mol. The van der Waals surface area contributed by atoms with Crippen LogP contribution in [0.3, 0.4) is 0 Å². The summed E-state index contributed by atoms with van der Waals surface area (Å²) in [5.41, 5.74) is 0.222. The molecule has 5 fully saturated rings. The van der Waals surface area contributed by atoms with Gasteiger partial charge < -0.3 is 39.3 Å². The van der Waals surface area contributed by atoms with Crippen molar-refractivity contribution in [2.45, 2.75) is 104 Å². The van der Waals surface area contributed by atoms with Gasteiger partial charge in [-0.05, 0) is 122 Å². The van der Waals surface area contributed by atoms with Crippen LogP contribution in [-0.4, -0.2) is 184 Å². The number of carbonyl (C=O) groups excluding carboxylic acids is 4. The van der Waals surface area contributed by atoms with Crippen molar-refractivity contribution in [1.29, 1.82) is 0 Å². The van der Waals surface area contributed by atoms with Gasteiger partial charge in [-0.3, -0.25) is 33.8 Å². The molecule has 0 radical (unpaired) electrons. The number of hydrogen-bond acceptors (Lipinski definition) is 20. The molecule has 5 aromatic rings. The highest BCUT2D eigenvalue weighted by Crippen LogP contribution is 2.45. The van der Waals surface area contributed by atoms with Crippen molar-refractivity contribution in [3.63, 3.8) is 0 Å². The number of piperazine rings is 1. The monoisotopic (exact) mass is 1290 g/mol. The summed E-state index contributed by atoms with van der Waals surface area (Å²) in [6.07, 6.45) is 4.01. The number of fused-ring (bicyclic) bond motifs is 1. The number of carbonyl (C=O) groups is 5. The van der Waals surface area contributed by atoms with Gasteiger partial charge in [-0.25, -0.2) is 32.7 Å². The predicted octanol–water partition coefficient (Wildman–Crippen LogP) is 5.37. The Labute approximate surface area is 518 Å². The number of thioether (sulfide) groups is 2. The van der Waals surface area contributed by atoms with Crippen LogP contribution in [0.2, 0.25) is 0 Å². The van der Waals surface area contributed by atoms with Gasteiger partial charge in [0.15, 0.2) is 16.9 Å². The molecule has 89 heavy (non-hydrogen) atoms. The number of benzene rings is 3. The number of aliphatic carboxylic acids is 1. The van der Waals surface area contributed by atoms with Crippen molar-refractivity contribution < 1.29 is 70.1 Å². The first-order valence-electron chi connectivity index (χ1n) is 28.1. The van der Waals surface area contributed by atoms with E-state index in [9.17, 15) is 41.8 Å². The SMILES string of the molecule is C#CCn1nnnc1SCC1=C(C(=O)O)N2C(=O)C(NC(=O)/C(=N\OC3CCCC3)C3(SNC(=O)C(F)(F)F)CN(c4ccc(N5CCN(c6ccc(OC[C@H]7OC[C@](Cn8cncn8)(c8ccc(F)cc8F)O7)cc6)CC5)cc4)C(=O)N3C(C)C)C2SC1. The van der Waals surface area contributed by atoms with Crippen molar-refractivity contribution in [2.75, 3.05) is 72.1 Å². The number of alkyl halides is 3. The van der Waals surface area contributed by atoms with E-state index < -0.39 is 100 Å². The van der Waals surface area contributed by atoms with Gasteiger partial charge >= 0.3 is 24.1 Å². The second-order valence-corrected chi connectivity index (χ2v) is 24.8. The number of carboxylic acids is 1. The minimum Gasteiger partial charge on any atom is -0.488 e. The van der Waals surface area contributed by atoms with Crippen molar-refractivity contribution in [2.24, 2.45) is 5.16 Å². The Morgan fingerprint density at radius 2 is 1.69 bits per heavy atom. The number of ether oxygens (including phenoxy) is 3. The highest BCUT2D eigenvalue weighted by molar-refractivity contribution is 8.01.